The third kappa shape index (κ3) is 7.16. The van der Waals surface area contributed by atoms with E-state index < -0.39 is 5.51 Å². The first-order valence-corrected chi connectivity index (χ1v) is 12.4. The Bertz CT molecular complexity index is 772. The van der Waals surface area contributed by atoms with Crippen molar-refractivity contribution >= 4 is 35.5 Å². The van der Waals surface area contributed by atoms with Gasteiger partial charge in [-0.05, 0) is 84.8 Å². The molecule has 0 bridgehead atoms. The van der Waals surface area contributed by atoms with Crippen LogP contribution in [0, 0.1) is 0 Å². The maximum atomic E-state index is 12.4. The van der Waals surface area contributed by atoms with Gasteiger partial charge in [0.25, 0.3) is 0 Å². The first kappa shape index (κ1) is 22.9. The Hall–Kier alpha value is -0.760. The fourth-order valence-electron chi connectivity index (χ4n) is 3.28. The molecule has 0 saturated carbocycles. The van der Waals surface area contributed by atoms with Gasteiger partial charge in [0, 0.05) is 33.0 Å². The molecule has 2 aromatic carbocycles. The zero-order valence-corrected chi connectivity index (χ0v) is 19.1. The van der Waals surface area contributed by atoms with Gasteiger partial charge in [0.2, 0.25) is 0 Å². The molecule has 1 heterocycles. The summed E-state index contributed by atoms with van der Waals surface area (Å²) < 4.78 is 39.8. The second-order valence-corrected chi connectivity index (χ2v) is 10.9. The van der Waals surface area contributed by atoms with Crippen molar-refractivity contribution in [2.24, 2.45) is 0 Å². The van der Waals surface area contributed by atoms with Crippen molar-refractivity contribution in [1.82, 2.24) is 4.31 Å². The zero-order valence-electron chi connectivity index (χ0n) is 16.6. The summed E-state index contributed by atoms with van der Waals surface area (Å²) in [6.07, 6.45) is 3.31. The number of rotatable bonds is 7. The minimum atomic E-state index is -4.23. The number of alkyl halides is 3. The van der Waals surface area contributed by atoms with Crippen LogP contribution in [-0.2, 0) is 0 Å². The highest BCUT2D eigenvalue weighted by molar-refractivity contribution is 8.00. The monoisotopic (exact) mass is 457 g/mol. The smallest absolute Gasteiger partial charge is 0.246 e. The molecule has 0 N–H and O–H groups in total. The standard InChI is InChI=1S/C22H26F3NS3/c1-3-16(2)20-6-4-5-7-21(20)29-26-14-12-18(13-15-26)27-17-8-10-19(11-9-17)28-22(23,24)25/h4-11,16,18H,3,12-15H2,1-2H3. The van der Waals surface area contributed by atoms with Gasteiger partial charge >= 0.3 is 5.51 Å². The van der Waals surface area contributed by atoms with Crippen molar-refractivity contribution < 1.29 is 13.2 Å². The Balaban J connectivity index is 1.50. The van der Waals surface area contributed by atoms with E-state index in [9.17, 15) is 13.2 Å². The quantitative estimate of drug-likeness (QED) is 0.305. The Kier molecular flexibility index (Phi) is 8.31. The Morgan fingerprint density at radius 1 is 1.00 bits per heavy atom. The highest BCUT2D eigenvalue weighted by atomic mass is 32.2. The van der Waals surface area contributed by atoms with Crippen LogP contribution in [-0.4, -0.2) is 28.2 Å². The van der Waals surface area contributed by atoms with Crippen LogP contribution < -0.4 is 0 Å². The minimum absolute atomic E-state index is 0.0574. The molecule has 1 saturated heterocycles. The number of piperidine rings is 1. The van der Waals surface area contributed by atoms with E-state index >= 15 is 0 Å². The number of thioether (sulfide) groups is 2. The van der Waals surface area contributed by atoms with Gasteiger partial charge < -0.3 is 0 Å². The third-order valence-electron chi connectivity index (χ3n) is 5.05. The van der Waals surface area contributed by atoms with E-state index in [2.05, 4.69) is 42.4 Å². The molecule has 1 atom stereocenters. The first-order valence-electron chi connectivity index (χ1n) is 9.88. The molecule has 2 aromatic rings. The van der Waals surface area contributed by atoms with E-state index in [1.54, 1.807) is 23.9 Å². The van der Waals surface area contributed by atoms with Crippen LogP contribution >= 0.6 is 35.5 Å². The fourth-order valence-corrected chi connectivity index (χ4v) is 6.13. The molecule has 0 spiro atoms. The van der Waals surface area contributed by atoms with E-state index in [-0.39, 0.29) is 16.7 Å². The largest absolute Gasteiger partial charge is 0.446 e. The second-order valence-electron chi connectivity index (χ2n) is 7.20. The van der Waals surface area contributed by atoms with Crippen LogP contribution in [0.2, 0.25) is 0 Å². The van der Waals surface area contributed by atoms with Crippen LogP contribution in [0.1, 0.15) is 44.6 Å². The molecule has 0 aromatic heterocycles. The lowest BCUT2D eigenvalue weighted by Gasteiger charge is -2.31. The van der Waals surface area contributed by atoms with Gasteiger partial charge in [0.1, 0.15) is 0 Å². The highest BCUT2D eigenvalue weighted by Crippen LogP contribution is 2.39. The minimum Gasteiger partial charge on any atom is -0.246 e. The average molecular weight is 458 g/mol. The van der Waals surface area contributed by atoms with Crippen molar-refractivity contribution in [2.75, 3.05) is 13.1 Å². The first-order chi connectivity index (χ1) is 13.8. The molecule has 1 aliphatic heterocycles. The van der Waals surface area contributed by atoms with Crippen LogP contribution in [0.15, 0.2) is 63.2 Å². The lowest BCUT2D eigenvalue weighted by atomic mass is 9.99. The van der Waals surface area contributed by atoms with E-state index in [1.165, 1.54) is 10.5 Å². The molecule has 1 nitrogen and oxygen atoms in total. The van der Waals surface area contributed by atoms with Crippen LogP contribution in [0.25, 0.3) is 0 Å². The summed E-state index contributed by atoms with van der Waals surface area (Å²) in [7, 11) is 0. The molecule has 1 fully saturated rings. The SMILES string of the molecule is CCC(C)c1ccccc1SN1CCC(Sc2ccc(SC(F)(F)F)cc2)CC1. The molecule has 0 amide bonds. The Labute approximate surface area is 184 Å². The fraction of sp³-hybridized carbons (Fsp3) is 0.455. The van der Waals surface area contributed by atoms with E-state index in [1.807, 2.05) is 24.1 Å². The van der Waals surface area contributed by atoms with Gasteiger partial charge in [-0.25, -0.2) is 4.31 Å². The highest BCUT2D eigenvalue weighted by Gasteiger charge is 2.29. The van der Waals surface area contributed by atoms with Crippen LogP contribution in [0.3, 0.4) is 0 Å². The zero-order chi connectivity index (χ0) is 20.9. The van der Waals surface area contributed by atoms with Gasteiger partial charge in [0.15, 0.2) is 0 Å². The molecule has 1 aliphatic rings. The molecule has 158 valence electrons. The third-order valence-corrected chi connectivity index (χ3v) is 8.33. The predicted octanol–water partition coefficient (Wildman–Crippen LogP) is 8.08. The maximum Gasteiger partial charge on any atom is 0.446 e. The lowest BCUT2D eigenvalue weighted by molar-refractivity contribution is -0.0328. The van der Waals surface area contributed by atoms with Crippen molar-refractivity contribution in [3.63, 3.8) is 0 Å². The summed E-state index contributed by atoms with van der Waals surface area (Å²) in [6, 6.07) is 15.4. The van der Waals surface area contributed by atoms with Gasteiger partial charge in [-0.2, -0.15) is 13.2 Å². The second kappa shape index (κ2) is 10.5. The summed E-state index contributed by atoms with van der Waals surface area (Å²) in [5.41, 5.74) is -2.81. The van der Waals surface area contributed by atoms with Gasteiger partial charge in [-0.3, -0.25) is 0 Å². The summed E-state index contributed by atoms with van der Waals surface area (Å²) in [6.45, 7) is 6.56. The normalized spacial score (nSPS) is 17.4. The molecular formula is C22H26F3NS3. The van der Waals surface area contributed by atoms with E-state index in [0.717, 1.165) is 37.2 Å². The summed E-state index contributed by atoms with van der Waals surface area (Å²) >= 11 is 3.59. The van der Waals surface area contributed by atoms with Crippen LogP contribution in [0.4, 0.5) is 13.2 Å². The summed E-state index contributed by atoms with van der Waals surface area (Å²) in [5.74, 6) is 0.560. The number of hydrogen-bond donors (Lipinski definition) is 0. The van der Waals surface area contributed by atoms with Gasteiger partial charge in [0.05, 0.1) is 0 Å². The van der Waals surface area contributed by atoms with Crippen molar-refractivity contribution in [2.45, 2.75) is 64.5 Å². The number of nitrogens with zero attached hydrogens (tertiary/aromatic N) is 1. The van der Waals surface area contributed by atoms with Gasteiger partial charge in [-0.1, -0.05) is 32.0 Å². The molecule has 3 rings (SSSR count). The van der Waals surface area contributed by atoms with Crippen molar-refractivity contribution in [3.8, 4) is 0 Å². The van der Waals surface area contributed by atoms with E-state index in [4.69, 9.17) is 0 Å². The van der Waals surface area contributed by atoms with Crippen molar-refractivity contribution in [1.29, 1.82) is 0 Å². The molecular weight excluding hydrogens is 431 g/mol. The predicted molar refractivity (Wildman–Crippen MR) is 120 cm³/mol. The average Bonchev–Trinajstić information content (AvgIpc) is 2.70. The Morgan fingerprint density at radius 3 is 2.24 bits per heavy atom. The number of halogens is 3. The summed E-state index contributed by atoms with van der Waals surface area (Å²) in [4.78, 5) is 2.64. The molecule has 7 heteroatoms. The Morgan fingerprint density at radius 2 is 1.62 bits per heavy atom. The van der Waals surface area contributed by atoms with Crippen LogP contribution in [0.5, 0.6) is 0 Å². The maximum absolute atomic E-state index is 12.4. The topological polar surface area (TPSA) is 3.24 Å². The van der Waals surface area contributed by atoms with Gasteiger partial charge in [-0.15, -0.1) is 11.8 Å². The summed E-state index contributed by atoms with van der Waals surface area (Å²) in [5, 5.41) is 0.512. The molecule has 0 aliphatic carbocycles. The lowest BCUT2D eigenvalue weighted by Crippen LogP contribution is -2.29. The molecule has 29 heavy (non-hydrogen) atoms. The van der Waals surface area contributed by atoms with Crippen molar-refractivity contribution in [3.05, 3.63) is 54.1 Å². The number of hydrogen-bond acceptors (Lipinski definition) is 4. The molecule has 1 unspecified atom stereocenters. The van der Waals surface area contributed by atoms with E-state index in [0.29, 0.717) is 11.2 Å². The number of benzene rings is 2. The molecule has 0 radical (unpaired) electrons.